The van der Waals surface area contributed by atoms with Crippen molar-refractivity contribution in [1.29, 1.82) is 0 Å². The standard InChI is InChI=1S/C21H23BrCl2O2/c1-4-17(18-8-7-16(25-5-2)12-14(18)3)15-6-9-20(19(22)13-15)26-11-10-21(23)24/h6-10,12-13,17H,4-5,11H2,1-3H3. The second kappa shape index (κ2) is 10.2. The molecule has 140 valence electrons. The van der Waals surface area contributed by atoms with Crippen LogP contribution in [-0.2, 0) is 0 Å². The van der Waals surface area contributed by atoms with Gasteiger partial charge in [0.05, 0.1) is 11.1 Å². The molecule has 1 unspecified atom stereocenters. The average Bonchev–Trinajstić information content (AvgIpc) is 2.59. The first kappa shape index (κ1) is 21.1. The highest BCUT2D eigenvalue weighted by molar-refractivity contribution is 9.10. The number of hydrogen-bond acceptors (Lipinski definition) is 2. The summed E-state index contributed by atoms with van der Waals surface area (Å²) in [5.41, 5.74) is 3.79. The van der Waals surface area contributed by atoms with E-state index in [9.17, 15) is 0 Å². The van der Waals surface area contributed by atoms with Crippen LogP contribution in [0.2, 0.25) is 0 Å². The molecule has 0 bridgehead atoms. The molecule has 0 heterocycles. The number of ether oxygens (including phenoxy) is 2. The van der Waals surface area contributed by atoms with Crippen LogP contribution >= 0.6 is 39.1 Å². The third kappa shape index (κ3) is 5.67. The van der Waals surface area contributed by atoms with Crippen molar-refractivity contribution in [3.8, 4) is 11.5 Å². The van der Waals surface area contributed by atoms with Crippen LogP contribution in [0.5, 0.6) is 11.5 Å². The fourth-order valence-corrected chi connectivity index (χ4v) is 3.61. The van der Waals surface area contributed by atoms with Gasteiger partial charge in [-0.3, -0.25) is 0 Å². The van der Waals surface area contributed by atoms with Crippen molar-refractivity contribution >= 4 is 39.1 Å². The molecule has 2 aromatic rings. The molecule has 2 rings (SSSR count). The molecule has 0 saturated heterocycles. The first-order valence-electron chi connectivity index (χ1n) is 8.63. The van der Waals surface area contributed by atoms with E-state index in [2.05, 4.69) is 54.0 Å². The third-order valence-corrected chi connectivity index (χ3v) is 5.10. The summed E-state index contributed by atoms with van der Waals surface area (Å²) in [6, 6.07) is 12.5. The van der Waals surface area contributed by atoms with Crippen molar-refractivity contribution in [2.24, 2.45) is 0 Å². The van der Waals surface area contributed by atoms with Gasteiger partial charge in [0, 0.05) is 5.92 Å². The molecular formula is C21H23BrCl2O2. The molecule has 1 atom stereocenters. The van der Waals surface area contributed by atoms with Gasteiger partial charge in [-0.1, -0.05) is 42.3 Å². The maximum atomic E-state index is 5.68. The first-order valence-corrected chi connectivity index (χ1v) is 10.2. The van der Waals surface area contributed by atoms with Gasteiger partial charge in [-0.25, -0.2) is 0 Å². The lowest BCUT2D eigenvalue weighted by molar-refractivity contribution is 0.340. The summed E-state index contributed by atoms with van der Waals surface area (Å²) < 4.78 is 12.4. The molecule has 5 heteroatoms. The third-order valence-electron chi connectivity index (χ3n) is 4.17. The number of halogens is 3. The molecule has 2 nitrogen and oxygen atoms in total. The van der Waals surface area contributed by atoms with E-state index in [1.165, 1.54) is 16.7 Å². The van der Waals surface area contributed by atoms with E-state index in [1.807, 2.05) is 19.1 Å². The Morgan fingerprint density at radius 2 is 1.88 bits per heavy atom. The summed E-state index contributed by atoms with van der Waals surface area (Å²) in [7, 11) is 0. The monoisotopic (exact) mass is 456 g/mol. The Morgan fingerprint density at radius 3 is 2.46 bits per heavy atom. The SMILES string of the molecule is CCOc1ccc(C(CC)c2ccc(OCC=C(Cl)Cl)c(Br)c2)c(C)c1. The van der Waals surface area contributed by atoms with Crippen LogP contribution in [0.1, 0.15) is 42.9 Å². The predicted octanol–water partition coefficient (Wildman–Crippen LogP) is 7.40. The van der Waals surface area contributed by atoms with Crippen molar-refractivity contribution in [3.05, 3.63) is 68.1 Å². The van der Waals surface area contributed by atoms with Gasteiger partial charge in [0.2, 0.25) is 0 Å². The van der Waals surface area contributed by atoms with Gasteiger partial charge in [0.15, 0.2) is 0 Å². The number of benzene rings is 2. The van der Waals surface area contributed by atoms with Crippen LogP contribution in [0.4, 0.5) is 0 Å². The molecular weight excluding hydrogens is 435 g/mol. The fraction of sp³-hybridized carbons (Fsp3) is 0.333. The first-order chi connectivity index (χ1) is 12.5. The van der Waals surface area contributed by atoms with Crippen LogP contribution in [-0.4, -0.2) is 13.2 Å². The van der Waals surface area contributed by atoms with Crippen molar-refractivity contribution in [3.63, 3.8) is 0 Å². The van der Waals surface area contributed by atoms with Crippen LogP contribution in [0.15, 0.2) is 51.4 Å². The highest BCUT2D eigenvalue weighted by Gasteiger charge is 2.16. The Morgan fingerprint density at radius 1 is 1.12 bits per heavy atom. The summed E-state index contributed by atoms with van der Waals surface area (Å²) in [6.45, 7) is 7.33. The van der Waals surface area contributed by atoms with Crippen LogP contribution < -0.4 is 9.47 Å². The lowest BCUT2D eigenvalue weighted by Crippen LogP contribution is -2.04. The van der Waals surface area contributed by atoms with Crippen molar-refractivity contribution in [2.45, 2.75) is 33.1 Å². The van der Waals surface area contributed by atoms with Crippen LogP contribution in [0, 0.1) is 6.92 Å². The Kier molecular flexibility index (Phi) is 8.33. The molecule has 0 N–H and O–H groups in total. The molecule has 0 aliphatic carbocycles. The van der Waals surface area contributed by atoms with E-state index in [0.29, 0.717) is 19.1 Å². The highest BCUT2D eigenvalue weighted by atomic mass is 79.9. The zero-order chi connectivity index (χ0) is 19.1. The van der Waals surface area contributed by atoms with Crippen molar-refractivity contribution in [2.75, 3.05) is 13.2 Å². The van der Waals surface area contributed by atoms with Gasteiger partial charge in [0.25, 0.3) is 0 Å². The minimum atomic E-state index is 0.203. The smallest absolute Gasteiger partial charge is 0.133 e. The Hall–Kier alpha value is -1.16. The number of aryl methyl sites for hydroxylation is 1. The van der Waals surface area contributed by atoms with Crippen LogP contribution in [0.25, 0.3) is 0 Å². The quantitative estimate of drug-likeness (QED) is 0.411. The maximum absolute atomic E-state index is 5.68. The zero-order valence-corrected chi connectivity index (χ0v) is 18.3. The van der Waals surface area contributed by atoms with Crippen molar-refractivity contribution in [1.82, 2.24) is 0 Å². The molecule has 0 aliphatic rings. The van der Waals surface area contributed by atoms with Gasteiger partial charge < -0.3 is 9.47 Å². The molecule has 0 amide bonds. The summed E-state index contributed by atoms with van der Waals surface area (Å²) in [4.78, 5) is 0. The normalized spacial score (nSPS) is 11.8. The largest absolute Gasteiger partial charge is 0.494 e. The van der Waals surface area contributed by atoms with E-state index in [-0.39, 0.29) is 4.49 Å². The lowest BCUT2D eigenvalue weighted by atomic mass is 9.86. The van der Waals surface area contributed by atoms with Gasteiger partial charge in [-0.15, -0.1) is 0 Å². The molecule has 0 aliphatic heterocycles. The average molecular weight is 458 g/mol. The number of rotatable bonds is 8. The molecule has 26 heavy (non-hydrogen) atoms. The Bertz CT molecular complexity index is 771. The van der Waals surface area contributed by atoms with Crippen LogP contribution in [0.3, 0.4) is 0 Å². The van der Waals surface area contributed by atoms with Gasteiger partial charge in [-0.2, -0.15) is 0 Å². The minimum absolute atomic E-state index is 0.203. The highest BCUT2D eigenvalue weighted by Crippen LogP contribution is 2.36. The lowest BCUT2D eigenvalue weighted by Gasteiger charge is -2.20. The predicted molar refractivity (Wildman–Crippen MR) is 114 cm³/mol. The second-order valence-electron chi connectivity index (χ2n) is 5.91. The molecule has 0 spiro atoms. The summed E-state index contributed by atoms with van der Waals surface area (Å²) in [6.07, 6.45) is 2.62. The van der Waals surface area contributed by atoms with E-state index in [0.717, 1.165) is 22.4 Å². The molecule has 0 radical (unpaired) electrons. The topological polar surface area (TPSA) is 18.5 Å². The summed E-state index contributed by atoms with van der Waals surface area (Å²) >= 11 is 14.8. The molecule has 2 aromatic carbocycles. The zero-order valence-electron chi connectivity index (χ0n) is 15.2. The summed E-state index contributed by atoms with van der Waals surface area (Å²) in [5.74, 6) is 1.99. The van der Waals surface area contributed by atoms with E-state index >= 15 is 0 Å². The van der Waals surface area contributed by atoms with Crippen molar-refractivity contribution < 1.29 is 9.47 Å². The summed E-state index contributed by atoms with van der Waals surface area (Å²) in [5, 5.41) is 0. The van der Waals surface area contributed by atoms with Gasteiger partial charge >= 0.3 is 0 Å². The number of hydrogen-bond donors (Lipinski definition) is 0. The Balaban J connectivity index is 2.24. The van der Waals surface area contributed by atoms with E-state index in [4.69, 9.17) is 32.7 Å². The van der Waals surface area contributed by atoms with Gasteiger partial charge in [0.1, 0.15) is 22.6 Å². The fourth-order valence-electron chi connectivity index (χ4n) is 2.98. The van der Waals surface area contributed by atoms with E-state index in [1.54, 1.807) is 6.08 Å². The maximum Gasteiger partial charge on any atom is 0.133 e. The second-order valence-corrected chi connectivity index (χ2v) is 7.77. The molecule has 0 aromatic heterocycles. The molecule has 0 fully saturated rings. The Labute approximate surface area is 174 Å². The van der Waals surface area contributed by atoms with E-state index < -0.39 is 0 Å². The molecule has 0 saturated carbocycles. The minimum Gasteiger partial charge on any atom is -0.494 e. The van der Waals surface area contributed by atoms with Gasteiger partial charge in [-0.05, 0) is 83.2 Å².